The standard InChI is InChI=1S/C19H14F2N2S/c20-14-8-9-17(16(21)11-14)23-12-15(13-5-2-1-3-6-13)19(22-23)18-7-4-10-24-18/h1-11,15H,12H2/t15-/m0/s1. The third kappa shape index (κ3) is 2.71. The average molecular weight is 340 g/mol. The predicted molar refractivity (Wildman–Crippen MR) is 93.7 cm³/mol. The fourth-order valence-electron chi connectivity index (χ4n) is 2.94. The monoisotopic (exact) mass is 340 g/mol. The van der Waals surface area contributed by atoms with E-state index in [1.807, 2.05) is 35.7 Å². The van der Waals surface area contributed by atoms with Crippen LogP contribution >= 0.6 is 11.3 Å². The van der Waals surface area contributed by atoms with Gasteiger partial charge in [0.1, 0.15) is 5.82 Å². The maximum absolute atomic E-state index is 14.2. The molecular formula is C19H14F2N2S. The molecule has 2 aromatic carbocycles. The van der Waals surface area contributed by atoms with Gasteiger partial charge >= 0.3 is 0 Å². The number of rotatable bonds is 3. The second-order valence-electron chi connectivity index (χ2n) is 5.60. The molecule has 2 heterocycles. The Bertz CT molecular complexity index is 876. The van der Waals surface area contributed by atoms with E-state index in [-0.39, 0.29) is 5.92 Å². The summed E-state index contributed by atoms with van der Waals surface area (Å²) in [6, 6.07) is 17.6. The lowest BCUT2D eigenvalue weighted by molar-refractivity contribution is 0.580. The predicted octanol–water partition coefficient (Wildman–Crippen LogP) is 5.03. The summed E-state index contributed by atoms with van der Waals surface area (Å²) in [4.78, 5) is 1.06. The average Bonchev–Trinajstić information content (AvgIpc) is 3.25. The molecule has 120 valence electrons. The fraction of sp³-hybridized carbons (Fsp3) is 0.105. The molecule has 1 aliphatic heterocycles. The second kappa shape index (κ2) is 6.17. The number of benzene rings is 2. The first-order valence-electron chi connectivity index (χ1n) is 7.62. The fourth-order valence-corrected chi connectivity index (χ4v) is 3.70. The smallest absolute Gasteiger partial charge is 0.151 e. The number of nitrogens with zero attached hydrogens (tertiary/aromatic N) is 2. The van der Waals surface area contributed by atoms with Crippen LogP contribution in [-0.2, 0) is 0 Å². The molecule has 0 radical (unpaired) electrons. The second-order valence-corrected chi connectivity index (χ2v) is 6.55. The van der Waals surface area contributed by atoms with Crippen molar-refractivity contribution in [2.24, 2.45) is 5.10 Å². The van der Waals surface area contributed by atoms with E-state index in [0.29, 0.717) is 12.2 Å². The van der Waals surface area contributed by atoms with E-state index in [4.69, 9.17) is 0 Å². The molecule has 2 nitrogen and oxygen atoms in total. The maximum atomic E-state index is 14.2. The van der Waals surface area contributed by atoms with Crippen molar-refractivity contribution in [1.82, 2.24) is 0 Å². The molecule has 5 heteroatoms. The molecule has 0 spiro atoms. The molecule has 0 saturated carbocycles. The van der Waals surface area contributed by atoms with Crippen LogP contribution in [-0.4, -0.2) is 12.3 Å². The number of thiophene rings is 1. The molecule has 0 amide bonds. The van der Waals surface area contributed by atoms with Crippen LogP contribution in [0.3, 0.4) is 0 Å². The first-order valence-corrected chi connectivity index (χ1v) is 8.50. The zero-order chi connectivity index (χ0) is 16.5. The number of halogens is 2. The summed E-state index contributed by atoms with van der Waals surface area (Å²) in [5.74, 6) is -1.13. The van der Waals surface area contributed by atoms with Crippen LogP contribution in [0, 0.1) is 11.6 Å². The molecule has 0 unspecified atom stereocenters. The van der Waals surface area contributed by atoms with Crippen molar-refractivity contribution in [1.29, 1.82) is 0 Å². The van der Waals surface area contributed by atoms with Crippen molar-refractivity contribution in [2.45, 2.75) is 5.92 Å². The highest BCUT2D eigenvalue weighted by Gasteiger charge is 2.31. The number of hydrogen-bond donors (Lipinski definition) is 0. The summed E-state index contributed by atoms with van der Waals surface area (Å²) in [7, 11) is 0. The Labute approximate surface area is 142 Å². The Hall–Kier alpha value is -2.53. The molecule has 0 aliphatic carbocycles. The van der Waals surface area contributed by atoms with Gasteiger partial charge in [-0.2, -0.15) is 5.10 Å². The van der Waals surface area contributed by atoms with E-state index in [9.17, 15) is 8.78 Å². The maximum Gasteiger partial charge on any atom is 0.151 e. The molecule has 1 aromatic heterocycles. The molecule has 0 bridgehead atoms. The summed E-state index contributed by atoms with van der Waals surface area (Å²) in [6.07, 6.45) is 0. The zero-order valence-electron chi connectivity index (χ0n) is 12.7. The zero-order valence-corrected chi connectivity index (χ0v) is 13.5. The largest absolute Gasteiger partial charge is 0.261 e. The lowest BCUT2D eigenvalue weighted by Gasteiger charge is -2.17. The van der Waals surface area contributed by atoms with E-state index in [0.717, 1.165) is 22.2 Å². The summed E-state index contributed by atoms with van der Waals surface area (Å²) in [6.45, 7) is 0.528. The minimum Gasteiger partial charge on any atom is -0.261 e. The topological polar surface area (TPSA) is 15.6 Å². The van der Waals surface area contributed by atoms with Gasteiger partial charge in [0.2, 0.25) is 0 Å². The highest BCUT2D eigenvalue weighted by atomic mass is 32.1. The molecule has 3 aromatic rings. The van der Waals surface area contributed by atoms with Crippen molar-refractivity contribution >= 4 is 22.7 Å². The summed E-state index contributed by atoms with van der Waals surface area (Å²) < 4.78 is 27.3. The minimum absolute atomic E-state index is 0.0503. The van der Waals surface area contributed by atoms with Gasteiger partial charge in [0.25, 0.3) is 0 Å². The van der Waals surface area contributed by atoms with Crippen molar-refractivity contribution in [3.63, 3.8) is 0 Å². The van der Waals surface area contributed by atoms with Crippen LogP contribution in [0.4, 0.5) is 14.5 Å². The molecule has 1 atom stereocenters. The molecule has 0 fully saturated rings. The van der Waals surface area contributed by atoms with Crippen LogP contribution in [0.1, 0.15) is 16.4 Å². The van der Waals surface area contributed by atoms with Crippen molar-refractivity contribution in [3.05, 3.63) is 88.1 Å². The first-order chi connectivity index (χ1) is 11.7. The van der Waals surface area contributed by atoms with Gasteiger partial charge in [-0.15, -0.1) is 11.3 Å². The van der Waals surface area contributed by atoms with Gasteiger partial charge in [-0.3, -0.25) is 5.01 Å². The SMILES string of the molecule is Fc1ccc(N2C[C@@H](c3ccccc3)C(c3cccs3)=N2)c(F)c1. The van der Waals surface area contributed by atoms with Crippen LogP contribution in [0.2, 0.25) is 0 Å². The third-order valence-electron chi connectivity index (χ3n) is 4.08. The van der Waals surface area contributed by atoms with E-state index in [2.05, 4.69) is 17.2 Å². The highest BCUT2D eigenvalue weighted by molar-refractivity contribution is 7.12. The Morgan fingerprint density at radius 2 is 1.83 bits per heavy atom. The first kappa shape index (κ1) is 15.0. The molecule has 0 N–H and O–H groups in total. The van der Waals surface area contributed by atoms with Gasteiger partial charge in [0.15, 0.2) is 5.82 Å². The Morgan fingerprint density at radius 3 is 2.54 bits per heavy atom. The normalized spacial score (nSPS) is 17.2. The summed E-state index contributed by atoms with van der Waals surface area (Å²) in [5.41, 5.74) is 2.35. The van der Waals surface area contributed by atoms with Crippen LogP contribution in [0.25, 0.3) is 0 Å². The number of anilines is 1. The van der Waals surface area contributed by atoms with Crippen molar-refractivity contribution in [2.75, 3.05) is 11.6 Å². The molecule has 0 saturated heterocycles. The lowest BCUT2D eigenvalue weighted by Crippen LogP contribution is -2.19. The Kier molecular flexibility index (Phi) is 3.86. The van der Waals surface area contributed by atoms with E-state index < -0.39 is 11.6 Å². The van der Waals surface area contributed by atoms with Gasteiger partial charge in [-0.05, 0) is 29.1 Å². The van der Waals surface area contributed by atoms with Gasteiger partial charge in [0, 0.05) is 12.0 Å². The highest BCUT2D eigenvalue weighted by Crippen LogP contribution is 2.34. The molecule has 24 heavy (non-hydrogen) atoms. The van der Waals surface area contributed by atoms with Crippen molar-refractivity contribution < 1.29 is 8.78 Å². The van der Waals surface area contributed by atoms with Crippen LogP contribution < -0.4 is 5.01 Å². The van der Waals surface area contributed by atoms with E-state index in [1.165, 1.54) is 12.1 Å². The molecule has 4 rings (SSSR count). The lowest BCUT2D eigenvalue weighted by atomic mass is 9.94. The van der Waals surface area contributed by atoms with Crippen LogP contribution in [0.15, 0.2) is 71.1 Å². The molecular weight excluding hydrogens is 326 g/mol. The van der Waals surface area contributed by atoms with Gasteiger partial charge < -0.3 is 0 Å². The summed E-state index contributed by atoms with van der Waals surface area (Å²) in [5, 5.41) is 8.27. The Morgan fingerprint density at radius 1 is 1.00 bits per heavy atom. The van der Waals surface area contributed by atoms with Crippen LogP contribution in [0.5, 0.6) is 0 Å². The van der Waals surface area contributed by atoms with E-state index >= 15 is 0 Å². The van der Waals surface area contributed by atoms with Gasteiger partial charge in [-0.1, -0.05) is 36.4 Å². The Balaban J connectivity index is 1.76. The summed E-state index contributed by atoms with van der Waals surface area (Å²) >= 11 is 1.61. The van der Waals surface area contributed by atoms with Crippen molar-refractivity contribution in [3.8, 4) is 0 Å². The number of hydrogen-bond acceptors (Lipinski definition) is 3. The third-order valence-corrected chi connectivity index (χ3v) is 4.97. The minimum atomic E-state index is -0.599. The van der Waals surface area contributed by atoms with E-state index in [1.54, 1.807) is 16.3 Å². The number of hydrazone groups is 1. The quantitative estimate of drug-likeness (QED) is 0.652. The van der Waals surface area contributed by atoms with Gasteiger partial charge in [0.05, 0.1) is 22.8 Å². The molecule has 1 aliphatic rings. The van der Waals surface area contributed by atoms with Gasteiger partial charge in [-0.25, -0.2) is 8.78 Å².